The normalized spacial score (nSPS) is 12.5. The zero-order chi connectivity index (χ0) is 10.7. The molecule has 1 amide bonds. The molecule has 1 rings (SSSR count). The van der Waals surface area contributed by atoms with Gasteiger partial charge in [-0.2, -0.15) is 0 Å². The Hall–Kier alpha value is -1.10. The zero-order valence-electron chi connectivity index (χ0n) is 8.63. The Morgan fingerprint density at radius 3 is 2.86 bits per heavy atom. The van der Waals surface area contributed by atoms with Crippen LogP contribution in [-0.2, 0) is 4.79 Å². The highest BCUT2D eigenvalue weighted by molar-refractivity contribution is 7.71. The summed E-state index contributed by atoms with van der Waals surface area (Å²) in [5.74, 6) is -0.00806. The second-order valence-corrected chi connectivity index (χ2v) is 3.56. The summed E-state index contributed by atoms with van der Waals surface area (Å²) in [5.41, 5.74) is 0.966. The van der Waals surface area contributed by atoms with E-state index in [4.69, 9.17) is 12.2 Å². The molecule has 2 N–H and O–H groups in total. The largest absolute Gasteiger partial charge is 0.355 e. The van der Waals surface area contributed by atoms with Crippen molar-refractivity contribution in [2.24, 2.45) is 0 Å². The van der Waals surface area contributed by atoms with Gasteiger partial charge in [0.25, 0.3) is 0 Å². The number of aromatic amines is 1. The monoisotopic (exact) mass is 213 g/mol. The molecule has 4 nitrogen and oxygen atoms in total. The van der Waals surface area contributed by atoms with Crippen LogP contribution in [-0.4, -0.2) is 22.0 Å². The van der Waals surface area contributed by atoms with Crippen molar-refractivity contribution in [1.82, 2.24) is 14.9 Å². The maximum Gasteiger partial charge on any atom is 0.242 e. The van der Waals surface area contributed by atoms with E-state index in [2.05, 4.69) is 10.3 Å². The minimum absolute atomic E-state index is 0.00806. The fourth-order valence-corrected chi connectivity index (χ4v) is 1.75. The fraction of sp³-hybridized carbons (Fsp3) is 0.556. The van der Waals surface area contributed by atoms with E-state index in [9.17, 15) is 4.79 Å². The van der Waals surface area contributed by atoms with Gasteiger partial charge in [0.05, 0.1) is 0 Å². The van der Waals surface area contributed by atoms with Crippen LogP contribution in [0.3, 0.4) is 0 Å². The maximum atomic E-state index is 11.6. The van der Waals surface area contributed by atoms with Crippen molar-refractivity contribution >= 4 is 18.1 Å². The van der Waals surface area contributed by atoms with Gasteiger partial charge in [-0.05, 0) is 33.0 Å². The lowest BCUT2D eigenvalue weighted by atomic mass is 10.3. The van der Waals surface area contributed by atoms with Gasteiger partial charge in [0, 0.05) is 18.4 Å². The highest BCUT2D eigenvalue weighted by Gasteiger charge is 2.15. The number of hydrogen-bond donors (Lipinski definition) is 2. The van der Waals surface area contributed by atoms with Crippen molar-refractivity contribution in [3.8, 4) is 0 Å². The van der Waals surface area contributed by atoms with Crippen LogP contribution in [0.2, 0.25) is 0 Å². The predicted molar refractivity (Wildman–Crippen MR) is 57.7 cm³/mol. The molecule has 1 aromatic rings. The Kier molecular flexibility index (Phi) is 3.46. The number of carbonyl (C=O) groups is 1. The van der Waals surface area contributed by atoms with E-state index < -0.39 is 0 Å². The number of hydrogen-bond acceptors (Lipinski definition) is 2. The molecule has 1 aromatic heterocycles. The number of carbonyl (C=O) groups excluding carboxylic acids is 1. The van der Waals surface area contributed by atoms with Crippen LogP contribution in [0.15, 0.2) is 6.20 Å². The van der Waals surface area contributed by atoms with Crippen molar-refractivity contribution in [2.45, 2.75) is 26.8 Å². The summed E-state index contributed by atoms with van der Waals surface area (Å²) in [6, 6.07) is -0.256. The molecule has 0 aliphatic carbocycles. The van der Waals surface area contributed by atoms with E-state index in [-0.39, 0.29) is 11.9 Å². The van der Waals surface area contributed by atoms with Crippen molar-refractivity contribution in [3.05, 3.63) is 16.7 Å². The minimum atomic E-state index is -0.256. The molecule has 14 heavy (non-hydrogen) atoms. The van der Waals surface area contributed by atoms with E-state index in [0.29, 0.717) is 11.3 Å². The van der Waals surface area contributed by atoms with Crippen molar-refractivity contribution < 1.29 is 4.79 Å². The van der Waals surface area contributed by atoms with Gasteiger partial charge in [-0.15, -0.1) is 0 Å². The summed E-state index contributed by atoms with van der Waals surface area (Å²) < 4.78 is 2.39. The van der Waals surface area contributed by atoms with Crippen LogP contribution >= 0.6 is 12.2 Å². The number of aromatic nitrogens is 2. The Morgan fingerprint density at radius 1 is 1.79 bits per heavy atom. The summed E-state index contributed by atoms with van der Waals surface area (Å²) in [5, 5.41) is 2.77. The lowest BCUT2D eigenvalue weighted by Gasteiger charge is -2.14. The second-order valence-electron chi connectivity index (χ2n) is 3.18. The van der Waals surface area contributed by atoms with Gasteiger partial charge < -0.3 is 14.9 Å². The summed E-state index contributed by atoms with van der Waals surface area (Å²) >= 11 is 5.08. The van der Waals surface area contributed by atoms with E-state index in [1.807, 2.05) is 20.8 Å². The predicted octanol–water partition coefficient (Wildman–Crippen LogP) is 1.55. The average Bonchev–Trinajstić information content (AvgIpc) is 2.46. The van der Waals surface area contributed by atoms with E-state index in [1.165, 1.54) is 0 Å². The van der Waals surface area contributed by atoms with E-state index in [1.54, 1.807) is 10.8 Å². The quantitative estimate of drug-likeness (QED) is 0.748. The Labute approximate surface area is 88.3 Å². The number of aryl methyl sites for hydroxylation is 1. The molecular weight excluding hydrogens is 198 g/mol. The summed E-state index contributed by atoms with van der Waals surface area (Å²) in [6.07, 6.45) is 1.80. The molecular formula is C9H15N3OS. The molecule has 0 bridgehead atoms. The molecule has 1 atom stereocenters. The Morgan fingerprint density at radius 2 is 2.43 bits per heavy atom. The molecule has 1 heterocycles. The molecule has 0 aromatic carbocycles. The molecule has 1 unspecified atom stereocenters. The van der Waals surface area contributed by atoms with Crippen molar-refractivity contribution in [2.75, 3.05) is 6.54 Å². The molecule has 78 valence electrons. The van der Waals surface area contributed by atoms with Crippen LogP contribution in [0.25, 0.3) is 0 Å². The van der Waals surface area contributed by atoms with Crippen LogP contribution in [0.5, 0.6) is 0 Å². The number of imidazole rings is 1. The molecule has 5 heteroatoms. The number of likely N-dealkylation sites (N-methyl/N-ethyl adjacent to an activating group) is 1. The first-order valence-corrected chi connectivity index (χ1v) is 5.03. The van der Waals surface area contributed by atoms with Crippen LogP contribution in [0.4, 0.5) is 0 Å². The third-order valence-electron chi connectivity index (χ3n) is 2.12. The van der Waals surface area contributed by atoms with Crippen molar-refractivity contribution in [3.63, 3.8) is 0 Å². The second kappa shape index (κ2) is 4.41. The molecule has 0 aliphatic rings. The molecule has 0 aliphatic heterocycles. The minimum Gasteiger partial charge on any atom is -0.355 e. The van der Waals surface area contributed by atoms with Gasteiger partial charge in [0.1, 0.15) is 6.04 Å². The summed E-state index contributed by atoms with van der Waals surface area (Å²) in [7, 11) is 0. The number of nitrogens with zero attached hydrogens (tertiary/aromatic N) is 1. The van der Waals surface area contributed by atoms with Crippen LogP contribution in [0.1, 0.15) is 25.6 Å². The smallest absolute Gasteiger partial charge is 0.242 e. The number of amides is 1. The van der Waals surface area contributed by atoms with E-state index in [0.717, 1.165) is 5.69 Å². The van der Waals surface area contributed by atoms with Gasteiger partial charge >= 0.3 is 0 Å². The average molecular weight is 213 g/mol. The number of H-pyrrole nitrogens is 1. The Balaban J connectivity index is 2.94. The molecule has 0 spiro atoms. The zero-order valence-corrected chi connectivity index (χ0v) is 9.44. The molecule has 0 fully saturated rings. The molecule has 0 radical (unpaired) electrons. The number of nitrogens with one attached hydrogen (secondary N) is 2. The van der Waals surface area contributed by atoms with Gasteiger partial charge in [0.15, 0.2) is 4.77 Å². The first kappa shape index (κ1) is 11.0. The van der Waals surface area contributed by atoms with Crippen LogP contribution < -0.4 is 5.32 Å². The first-order valence-electron chi connectivity index (χ1n) is 4.62. The topological polar surface area (TPSA) is 49.8 Å². The first-order chi connectivity index (χ1) is 6.57. The lowest BCUT2D eigenvalue weighted by molar-refractivity contribution is -0.123. The highest BCUT2D eigenvalue weighted by atomic mass is 32.1. The van der Waals surface area contributed by atoms with Crippen molar-refractivity contribution in [1.29, 1.82) is 0 Å². The summed E-state index contributed by atoms with van der Waals surface area (Å²) in [4.78, 5) is 14.5. The summed E-state index contributed by atoms with van der Waals surface area (Å²) in [6.45, 7) is 6.29. The van der Waals surface area contributed by atoms with Gasteiger partial charge in [0.2, 0.25) is 5.91 Å². The number of rotatable bonds is 3. The van der Waals surface area contributed by atoms with Gasteiger partial charge in [-0.25, -0.2) is 0 Å². The Bertz CT molecular complexity index is 380. The van der Waals surface area contributed by atoms with Crippen LogP contribution in [0, 0.1) is 11.7 Å². The third-order valence-corrected chi connectivity index (χ3v) is 2.44. The van der Waals surface area contributed by atoms with Gasteiger partial charge in [-0.1, -0.05) is 0 Å². The highest BCUT2D eigenvalue weighted by Crippen LogP contribution is 2.10. The van der Waals surface area contributed by atoms with E-state index >= 15 is 0 Å². The maximum absolute atomic E-state index is 11.6. The van der Waals surface area contributed by atoms with Gasteiger partial charge in [-0.3, -0.25) is 4.79 Å². The lowest BCUT2D eigenvalue weighted by Crippen LogP contribution is -2.31. The molecule has 0 saturated heterocycles. The SMILES string of the molecule is CCNC(=O)C(C)n1c(C)c[nH]c1=S. The standard InChI is InChI=1S/C9H15N3OS/c1-4-10-8(13)7(3)12-6(2)5-11-9(12)14/h5,7H,4H2,1-3H3,(H,10,13)(H,11,14). The molecule has 0 saturated carbocycles. The third kappa shape index (κ3) is 2.04. The fourth-order valence-electron chi connectivity index (χ4n) is 1.39.